The Morgan fingerprint density at radius 2 is 2.14 bits per heavy atom. The van der Waals surface area contributed by atoms with Crippen molar-refractivity contribution in [2.24, 2.45) is 7.05 Å². The molecule has 4 nitrogen and oxygen atoms in total. The van der Waals surface area contributed by atoms with E-state index >= 15 is 0 Å². The maximum Gasteiger partial charge on any atom is 0.184 e. The normalized spacial score (nSPS) is 11.4. The first kappa shape index (κ1) is 14.5. The summed E-state index contributed by atoms with van der Waals surface area (Å²) in [7, 11) is 1.97. The number of halogens is 1. The van der Waals surface area contributed by atoms with Crippen molar-refractivity contribution in [3.63, 3.8) is 0 Å². The largest absolute Gasteiger partial charge is 0.327 e. The lowest BCUT2D eigenvalue weighted by atomic mass is 10.2. The first-order valence-electron chi connectivity index (χ1n) is 6.96. The maximum atomic E-state index is 5.55. The van der Waals surface area contributed by atoms with Crippen molar-refractivity contribution in [1.29, 1.82) is 0 Å². The Balaban J connectivity index is 2.35. The van der Waals surface area contributed by atoms with Crippen LogP contribution in [0.5, 0.6) is 0 Å². The number of fused-ring (bicyclic) bond motifs is 1. The fraction of sp³-hybridized carbons (Fsp3) is 0.333. The summed E-state index contributed by atoms with van der Waals surface area (Å²) >= 11 is 9.09. The van der Waals surface area contributed by atoms with E-state index in [0.29, 0.717) is 4.77 Å². The molecule has 0 unspecified atom stereocenters. The number of aromatic nitrogens is 4. The Labute approximate surface area is 136 Å². The van der Waals surface area contributed by atoms with E-state index in [1.807, 2.05) is 17.8 Å². The van der Waals surface area contributed by atoms with Crippen LogP contribution in [-0.2, 0) is 13.5 Å². The first-order chi connectivity index (χ1) is 10.0. The number of aromatic amines is 1. The molecule has 0 fully saturated rings. The van der Waals surface area contributed by atoms with Gasteiger partial charge in [-0.25, -0.2) is 4.68 Å². The van der Waals surface area contributed by atoms with E-state index in [1.165, 1.54) is 5.56 Å². The second-order valence-electron chi connectivity index (χ2n) is 5.22. The van der Waals surface area contributed by atoms with Crippen LogP contribution < -0.4 is 0 Å². The minimum Gasteiger partial charge on any atom is -0.327 e. The number of benzene rings is 1. The predicted octanol–water partition coefficient (Wildman–Crippen LogP) is 4.45. The standard InChI is InChI=1S/C15H17BrN4S/c1-4-5-11-13-14(19(3)18-11)20(15(21)17-13)12-8-10(16)7-6-9(12)2/h6-8H,4-5H2,1-3H3,(H,17,21). The van der Waals surface area contributed by atoms with Crippen LogP contribution in [-0.4, -0.2) is 19.3 Å². The molecule has 21 heavy (non-hydrogen) atoms. The average Bonchev–Trinajstić information content (AvgIpc) is 2.91. The molecule has 6 heteroatoms. The summed E-state index contributed by atoms with van der Waals surface area (Å²) in [4.78, 5) is 3.33. The van der Waals surface area contributed by atoms with Crippen LogP contribution in [0.1, 0.15) is 24.6 Å². The Morgan fingerprint density at radius 3 is 2.86 bits per heavy atom. The van der Waals surface area contributed by atoms with Crippen molar-refractivity contribution in [1.82, 2.24) is 19.3 Å². The molecule has 3 rings (SSSR count). The zero-order valence-corrected chi connectivity index (χ0v) is 14.7. The van der Waals surface area contributed by atoms with Gasteiger partial charge in [0.2, 0.25) is 0 Å². The molecule has 0 saturated heterocycles. The summed E-state index contributed by atoms with van der Waals surface area (Å²) < 4.78 is 5.72. The number of hydrogen-bond acceptors (Lipinski definition) is 2. The maximum absolute atomic E-state index is 5.55. The molecule has 0 atom stereocenters. The highest BCUT2D eigenvalue weighted by atomic mass is 79.9. The van der Waals surface area contributed by atoms with Crippen molar-refractivity contribution < 1.29 is 0 Å². The summed E-state index contributed by atoms with van der Waals surface area (Å²) in [6.45, 7) is 4.25. The molecule has 0 aliphatic rings. The highest BCUT2D eigenvalue weighted by Crippen LogP contribution is 2.26. The molecule has 0 amide bonds. The highest BCUT2D eigenvalue weighted by Gasteiger charge is 2.17. The van der Waals surface area contributed by atoms with Gasteiger partial charge in [-0.2, -0.15) is 5.10 Å². The summed E-state index contributed by atoms with van der Waals surface area (Å²) in [6, 6.07) is 6.21. The van der Waals surface area contributed by atoms with Gasteiger partial charge in [0.1, 0.15) is 5.52 Å². The molecule has 2 heterocycles. The van der Waals surface area contributed by atoms with Gasteiger partial charge in [-0.05, 0) is 43.3 Å². The molecular weight excluding hydrogens is 348 g/mol. The molecule has 1 aromatic carbocycles. The number of hydrogen-bond donors (Lipinski definition) is 1. The van der Waals surface area contributed by atoms with Crippen LogP contribution >= 0.6 is 28.1 Å². The minimum atomic E-state index is 0.705. The number of rotatable bonds is 3. The average molecular weight is 365 g/mol. The molecule has 0 aliphatic carbocycles. The topological polar surface area (TPSA) is 38.5 Å². The summed E-state index contributed by atoms with van der Waals surface area (Å²) in [6.07, 6.45) is 2.01. The van der Waals surface area contributed by atoms with Crippen molar-refractivity contribution in [3.05, 3.63) is 38.7 Å². The molecule has 0 bridgehead atoms. The second-order valence-corrected chi connectivity index (χ2v) is 6.52. The van der Waals surface area contributed by atoms with Crippen LogP contribution in [0.3, 0.4) is 0 Å². The van der Waals surface area contributed by atoms with E-state index in [2.05, 4.69) is 56.6 Å². The van der Waals surface area contributed by atoms with E-state index in [0.717, 1.165) is 39.9 Å². The van der Waals surface area contributed by atoms with E-state index in [-0.39, 0.29) is 0 Å². The second kappa shape index (κ2) is 5.42. The van der Waals surface area contributed by atoms with Crippen LogP contribution in [0.2, 0.25) is 0 Å². The first-order valence-corrected chi connectivity index (χ1v) is 8.16. The van der Waals surface area contributed by atoms with Gasteiger partial charge in [0.05, 0.1) is 11.4 Å². The van der Waals surface area contributed by atoms with Crippen molar-refractivity contribution in [2.75, 3.05) is 0 Å². The van der Waals surface area contributed by atoms with Crippen molar-refractivity contribution in [2.45, 2.75) is 26.7 Å². The number of H-pyrrole nitrogens is 1. The third-order valence-corrected chi connectivity index (χ3v) is 4.41. The minimum absolute atomic E-state index is 0.705. The van der Waals surface area contributed by atoms with E-state index in [1.54, 1.807) is 0 Å². The van der Waals surface area contributed by atoms with Gasteiger partial charge in [0, 0.05) is 11.5 Å². The lowest BCUT2D eigenvalue weighted by molar-refractivity contribution is 0.735. The monoisotopic (exact) mass is 364 g/mol. The molecule has 1 N–H and O–H groups in total. The third-order valence-electron chi connectivity index (χ3n) is 3.64. The number of imidazole rings is 1. The van der Waals surface area contributed by atoms with Crippen molar-refractivity contribution in [3.8, 4) is 5.69 Å². The van der Waals surface area contributed by atoms with E-state index in [4.69, 9.17) is 12.2 Å². The fourth-order valence-corrected chi connectivity index (χ4v) is 3.31. The summed E-state index contributed by atoms with van der Waals surface area (Å²) in [5.41, 5.74) is 5.39. The van der Waals surface area contributed by atoms with Gasteiger partial charge < -0.3 is 4.98 Å². The van der Waals surface area contributed by atoms with Crippen LogP contribution in [0, 0.1) is 11.7 Å². The molecule has 0 saturated carbocycles. The lowest BCUT2D eigenvalue weighted by Crippen LogP contribution is -2.02. The zero-order valence-electron chi connectivity index (χ0n) is 12.3. The zero-order chi connectivity index (χ0) is 15.1. The summed E-state index contributed by atoms with van der Waals surface area (Å²) in [5.74, 6) is 0. The molecular formula is C15H17BrN4S. The molecule has 0 radical (unpaired) electrons. The fourth-order valence-electron chi connectivity index (χ4n) is 2.67. The van der Waals surface area contributed by atoms with Gasteiger partial charge in [0.25, 0.3) is 0 Å². The van der Waals surface area contributed by atoms with Crippen LogP contribution in [0.25, 0.3) is 16.9 Å². The Kier molecular flexibility index (Phi) is 3.75. The highest BCUT2D eigenvalue weighted by molar-refractivity contribution is 9.10. The molecule has 3 aromatic rings. The molecule has 0 spiro atoms. The summed E-state index contributed by atoms with van der Waals surface area (Å²) in [5, 5.41) is 4.63. The molecule has 0 aliphatic heterocycles. The van der Waals surface area contributed by atoms with Crippen LogP contribution in [0.4, 0.5) is 0 Å². The Morgan fingerprint density at radius 1 is 1.38 bits per heavy atom. The van der Waals surface area contributed by atoms with E-state index < -0.39 is 0 Å². The molecule has 110 valence electrons. The van der Waals surface area contributed by atoms with Gasteiger partial charge in [0.15, 0.2) is 10.4 Å². The van der Waals surface area contributed by atoms with Gasteiger partial charge in [-0.15, -0.1) is 0 Å². The Bertz CT molecular complexity index is 872. The lowest BCUT2D eigenvalue weighted by Gasteiger charge is -2.09. The Hall–Kier alpha value is -1.40. The number of nitrogens with one attached hydrogen (secondary N) is 1. The smallest absolute Gasteiger partial charge is 0.184 e. The number of aryl methyl sites for hydroxylation is 3. The molecule has 2 aromatic heterocycles. The van der Waals surface area contributed by atoms with Crippen LogP contribution in [0.15, 0.2) is 22.7 Å². The van der Waals surface area contributed by atoms with E-state index in [9.17, 15) is 0 Å². The third kappa shape index (κ3) is 2.36. The quantitative estimate of drug-likeness (QED) is 0.697. The van der Waals surface area contributed by atoms with Gasteiger partial charge in [-0.3, -0.25) is 4.57 Å². The number of nitrogens with zero attached hydrogens (tertiary/aromatic N) is 3. The van der Waals surface area contributed by atoms with Gasteiger partial charge in [-0.1, -0.05) is 35.3 Å². The van der Waals surface area contributed by atoms with Gasteiger partial charge >= 0.3 is 0 Å². The predicted molar refractivity (Wildman–Crippen MR) is 91.7 cm³/mol. The SMILES string of the molecule is CCCc1nn(C)c2c1[nH]c(=S)n2-c1cc(Br)ccc1C. The van der Waals surface area contributed by atoms with Crippen molar-refractivity contribution >= 4 is 39.3 Å².